The average molecular weight is 362 g/mol. The van der Waals surface area contributed by atoms with Gasteiger partial charge in [0.15, 0.2) is 0 Å². The monoisotopic (exact) mass is 361 g/mol. The van der Waals surface area contributed by atoms with E-state index in [-0.39, 0.29) is 11.8 Å². The minimum atomic E-state index is -0.0299. The minimum absolute atomic E-state index is 0.00396. The van der Waals surface area contributed by atoms with Crippen LogP contribution in [0, 0.1) is 0 Å². The summed E-state index contributed by atoms with van der Waals surface area (Å²) in [7, 11) is 3.22. The molecule has 1 amide bonds. The summed E-state index contributed by atoms with van der Waals surface area (Å²) < 4.78 is 11.8. The number of rotatable bonds is 3. The molecule has 5 heteroatoms. The molecule has 0 saturated heterocycles. The van der Waals surface area contributed by atoms with Gasteiger partial charge in [0.05, 0.1) is 19.9 Å². The Morgan fingerprint density at radius 2 is 1.86 bits per heavy atom. The van der Waals surface area contributed by atoms with E-state index >= 15 is 0 Å². The van der Waals surface area contributed by atoms with E-state index in [4.69, 9.17) is 9.47 Å². The van der Waals surface area contributed by atoms with Gasteiger partial charge in [0.2, 0.25) is 5.91 Å². The molecule has 1 aliphatic heterocycles. The molecule has 3 rings (SSSR count). The normalized spacial score (nSPS) is 16.7. The molecule has 22 heavy (non-hydrogen) atoms. The van der Waals surface area contributed by atoms with Crippen LogP contribution in [0.3, 0.4) is 0 Å². The Kier molecular flexibility index (Phi) is 4.07. The topological polar surface area (TPSA) is 47.6 Å². The average Bonchev–Trinajstić information content (AvgIpc) is 2.53. The summed E-state index contributed by atoms with van der Waals surface area (Å²) >= 11 is 3.44. The van der Waals surface area contributed by atoms with Crippen LogP contribution >= 0.6 is 15.9 Å². The van der Waals surface area contributed by atoms with Crippen molar-refractivity contribution in [2.24, 2.45) is 0 Å². The van der Waals surface area contributed by atoms with Crippen molar-refractivity contribution in [2.75, 3.05) is 19.5 Å². The molecule has 0 bridgehead atoms. The molecular weight excluding hydrogens is 346 g/mol. The van der Waals surface area contributed by atoms with Crippen LogP contribution in [0.1, 0.15) is 23.5 Å². The lowest BCUT2D eigenvalue weighted by Gasteiger charge is -2.28. The molecule has 0 saturated carbocycles. The lowest BCUT2D eigenvalue weighted by Crippen LogP contribution is -2.24. The van der Waals surface area contributed by atoms with Gasteiger partial charge in [-0.2, -0.15) is 0 Å². The zero-order valence-corrected chi connectivity index (χ0v) is 13.9. The predicted octanol–water partition coefficient (Wildman–Crippen LogP) is 3.94. The Bertz CT molecular complexity index is 713. The first-order valence-corrected chi connectivity index (χ1v) is 7.73. The van der Waals surface area contributed by atoms with Crippen molar-refractivity contribution in [3.63, 3.8) is 0 Å². The van der Waals surface area contributed by atoms with Gasteiger partial charge in [0.1, 0.15) is 11.5 Å². The quantitative estimate of drug-likeness (QED) is 0.900. The van der Waals surface area contributed by atoms with Gasteiger partial charge in [0.25, 0.3) is 0 Å². The third-order valence-corrected chi connectivity index (χ3v) is 4.38. The number of carbonyl (C=O) groups excluding carboxylic acids is 1. The standard InChI is InChI=1S/C17H16BrNO3/c1-21-12-7-14-17(15(8-12)22-2)13(9-16(20)19-14)10-3-5-11(18)6-4-10/h3-8,13H,9H2,1-2H3,(H,19,20)/t13-/m1/s1. The molecule has 0 aliphatic carbocycles. The van der Waals surface area contributed by atoms with Gasteiger partial charge in [-0.05, 0) is 17.7 Å². The maximum atomic E-state index is 12.1. The van der Waals surface area contributed by atoms with E-state index in [1.54, 1.807) is 14.2 Å². The molecular formula is C17H16BrNO3. The van der Waals surface area contributed by atoms with Crippen molar-refractivity contribution in [1.29, 1.82) is 0 Å². The van der Waals surface area contributed by atoms with Crippen molar-refractivity contribution in [2.45, 2.75) is 12.3 Å². The third-order valence-electron chi connectivity index (χ3n) is 3.86. The van der Waals surface area contributed by atoms with Crippen molar-refractivity contribution in [3.8, 4) is 11.5 Å². The SMILES string of the molecule is COc1cc2c(c(OC)c1)[C@@H](c1ccc(Br)cc1)CC(=O)N2. The first kappa shape index (κ1) is 14.9. The first-order valence-electron chi connectivity index (χ1n) is 6.93. The van der Waals surface area contributed by atoms with Crippen LogP contribution in [0.2, 0.25) is 0 Å². The molecule has 1 aliphatic rings. The number of ether oxygens (including phenoxy) is 2. The summed E-state index contributed by atoms with van der Waals surface area (Å²) in [6, 6.07) is 11.7. The summed E-state index contributed by atoms with van der Waals surface area (Å²) in [6.45, 7) is 0. The summed E-state index contributed by atoms with van der Waals surface area (Å²) in [4.78, 5) is 12.1. The van der Waals surface area contributed by atoms with Gasteiger partial charge in [-0.15, -0.1) is 0 Å². The maximum Gasteiger partial charge on any atom is 0.225 e. The minimum Gasteiger partial charge on any atom is -0.497 e. The molecule has 2 aromatic carbocycles. The summed E-state index contributed by atoms with van der Waals surface area (Å²) in [5.41, 5.74) is 2.83. The van der Waals surface area contributed by atoms with E-state index in [1.807, 2.05) is 36.4 Å². The highest BCUT2D eigenvalue weighted by atomic mass is 79.9. The number of nitrogens with one attached hydrogen (secondary N) is 1. The third kappa shape index (κ3) is 2.68. The molecule has 0 spiro atoms. The highest BCUT2D eigenvalue weighted by Gasteiger charge is 2.30. The Balaban J connectivity index is 2.15. The lowest BCUT2D eigenvalue weighted by atomic mass is 9.84. The maximum absolute atomic E-state index is 12.1. The first-order chi connectivity index (χ1) is 10.6. The van der Waals surface area contributed by atoms with Crippen molar-refractivity contribution < 1.29 is 14.3 Å². The Morgan fingerprint density at radius 3 is 2.50 bits per heavy atom. The van der Waals surface area contributed by atoms with Crippen LogP contribution in [0.5, 0.6) is 11.5 Å². The fourth-order valence-electron chi connectivity index (χ4n) is 2.82. The molecule has 0 aromatic heterocycles. The molecule has 4 nitrogen and oxygen atoms in total. The fourth-order valence-corrected chi connectivity index (χ4v) is 3.08. The summed E-state index contributed by atoms with van der Waals surface area (Å²) in [5.74, 6) is 1.35. The molecule has 2 aromatic rings. The van der Waals surface area contributed by atoms with Crippen molar-refractivity contribution in [1.82, 2.24) is 0 Å². The van der Waals surface area contributed by atoms with Crippen molar-refractivity contribution in [3.05, 3.63) is 52.0 Å². The number of anilines is 1. The second-order valence-corrected chi connectivity index (χ2v) is 6.06. The molecule has 0 radical (unpaired) electrons. The molecule has 114 valence electrons. The van der Waals surface area contributed by atoms with E-state index < -0.39 is 0 Å². The number of carbonyl (C=O) groups is 1. The zero-order chi connectivity index (χ0) is 15.7. The Morgan fingerprint density at radius 1 is 1.14 bits per heavy atom. The number of amides is 1. The lowest BCUT2D eigenvalue weighted by molar-refractivity contribution is -0.116. The van der Waals surface area contributed by atoms with E-state index in [9.17, 15) is 4.79 Å². The second-order valence-electron chi connectivity index (χ2n) is 5.15. The van der Waals surface area contributed by atoms with Crippen LogP contribution in [-0.4, -0.2) is 20.1 Å². The largest absolute Gasteiger partial charge is 0.497 e. The second kappa shape index (κ2) is 6.01. The molecule has 1 heterocycles. The van der Waals surface area contributed by atoms with Gasteiger partial charge < -0.3 is 14.8 Å². The van der Waals surface area contributed by atoms with Crippen molar-refractivity contribution >= 4 is 27.5 Å². The van der Waals surface area contributed by atoms with E-state index in [1.165, 1.54) is 0 Å². The van der Waals surface area contributed by atoms with Crippen LogP contribution in [0.15, 0.2) is 40.9 Å². The van der Waals surface area contributed by atoms with E-state index in [2.05, 4.69) is 21.2 Å². The predicted molar refractivity (Wildman–Crippen MR) is 88.8 cm³/mol. The van der Waals surface area contributed by atoms with E-state index in [0.29, 0.717) is 12.2 Å². The number of hydrogen-bond donors (Lipinski definition) is 1. The highest BCUT2D eigenvalue weighted by Crippen LogP contribution is 2.44. The number of benzene rings is 2. The van der Waals surface area contributed by atoms with Gasteiger partial charge in [-0.1, -0.05) is 28.1 Å². The molecule has 0 fully saturated rings. The van der Waals surface area contributed by atoms with E-state index in [0.717, 1.165) is 27.0 Å². The Labute approximate surface area is 137 Å². The fraction of sp³-hybridized carbons (Fsp3) is 0.235. The van der Waals surface area contributed by atoms with Crippen LogP contribution < -0.4 is 14.8 Å². The molecule has 1 N–H and O–H groups in total. The van der Waals surface area contributed by atoms with Gasteiger partial charge in [-0.25, -0.2) is 0 Å². The number of halogens is 1. The summed E-state index contributed by atoms with van der Waals surface area (Å²) in [5, 5.41) is 2.91. The zero-order valence-electron chi connectivity index (χ0n) is 12.4. The van der Waals surface area contributed by atoms with Gasteiger partial charge >= 0.3 is 0 Å². The molecule has 1 atom stereocenters. The number of methoxy groups -OCH3 is 2. The highest BCUT2D eigenvalue weighted by molar-refractivity contribution is 9.10. The number of hydrogen-bond acceptors (Lipinski definition) is 3. The van der Waals surface area contributed by atoms with Gasteiger partial charge in [0, 0.05) is 34.5 Å². The van der Waals surface area contributed by atoms with Crippen LogP contribution in [0.4, 0.5) is 5.69 Å². The molecule has 0 unspecified atom stereocenters. The summed E-state index contributed by atoms with van der Waals surface area (Å²) in [6.07, 6.45) is 0.400. The van der Waals surface area contributed by atoms with Gasteiger partial charge in [-0.3, -0.25) is 4.79 Å². The number of fused-ring (bicyclic) bond motifs is 1. The van der Waals surface area contributed by atoms with Crippen LogP contribution in [-0.2, 0) is 4.79 Å². The van der Waals surface area contributed by atoms with Crippen LogP contribution in [0.25, 0.3) is 0 Å². The smallest absolute Gasteiger partial charge is 0.225 e. The Hall–Kier alpha value is -2.01.